The largest absolute Gasteiger partial charge is 0.489 e. The highest BCUT2D eigenvalue weighted by molar-refractivity contribution is 5.92. The minimum atomic E-state index is -0.558. The fourth-order valence-electron chi connectivity index (χ4n) is 4.71. The number of anilines is 1. The van der Waals surface area contributed by atoms with Crippen molar-refractivity contribution in [1.29, 1.82) is 0 Å². The van der Waals surface area contributed by atoms with Crippen molar-refractivity contribution in [1.82, 2.24) is 4.90 Å². The number of urea groups is 1. The zero-order valence-corrected chi connectivity index (χ0v) is 20.3. The second kappa shape index (κ2) is 10.2. The van der Waals surface area contributed by atoms with E-state index in [2.05, 4.69) is 0 Å². The van der Waals surface area contributed by atoms with Gasteiger partial charge in [-0.25, -0.2) is 9.18 Å². The van der Waals surface area contributed by atoms with E-state index in [1.165, 1.54) is 12.1 Å². The van der Waals surface area contributed by atoms with E-state index >= 15 is 0 Å². The Kier molecular flexibility index (Phi) is 7.24. The molecule has 0 N–H and O–H groups in total. The van der Waals surface area contributed by atoms with Gasteiger partial charge in [0.1, 0.15) is 18.2 Å². The van der Waals surface area contributed by atoms with Crippen LogP contribution in [0.15, 0.2) is 54.6 Å². The number of carbonyl (C=O) groups is 1. The second-order valence-electron chi connectivity index (χ2n) is 9.06. The van der Waals surface area contributed by atoms with Crippen LogP contribution in [-0.4, -0.2) is 50.4 Å². The van der Waals surface area contributed by atoms with Crippen molar-refractivity contribution in [2.45, 2.75) is 51.0 Å². The van der Waals surface area contributed by atoms with Crippen molar-refractivity contribution in [3.05, 3.63) is 71.6 Å². The Labute approximate surface area is 200 Å². The fourth-order valence-corrected chi connectivity index (χ4v) is 4.71. The molecule has 0 aliphatic carbocycles. The van der Waals surface area contributed by atoms with Crippen LogP contribution in [0.3, 0.4) is 0 Å². The van der Waals surface area contributed by atoms with E-state index in [-0.39, 0.29) is 30.5 Å². The molecule has 2 unspecified atom stereocenters. The molecule has 0 saturated carbocycles. The highest BCUT2D eigenvalue weighted by Gasteiger charge is 2.35. The molecule has 0 aromatic heterocycles. The van der Waals surface area contributed by atoms with Crippen LogP contribution in [0.5, 0.6) is 5.75 Å². The summed E-state index contributed by atoms with van der Waals surface area (Å²) in [6.45, 7) is 5.47. The molecule has 2 aromatic carbocycles. The van der Waals surface area contributed by atoms with E-state index in [0.717, 1.165) is 16.8 Å². The average Bonchev–Trinajstić information content (AvgIpc) is 3.20. The van der Waals surface area contributed by atoms with Gasteiger partial charge in [-0.3, -0.25) is 4.90 Å². The van der Waals surface area contributed by atoms with Crippen LogP contribution in [0.4, 0.5) is 14.9 Å². The van der Waals surface area contributed by atoms with Crippen molar-refractivity contribution in [3.63, 3.8) is 0 Å². The SMILES string of the molecule is COC1(c2cc(F)cc(OCc3ccc(N(C)C(=O)N4C(C)C=CC4C)cc3)c2)CCOCC1. The van der Waals surface area contributed by atoms with Crippen LogP contribution < -0.4 is 9.64 Å². The third kappa shape index (κ3) is 4.95. The van der Waals surface area contributed by atoms with Gasteiger partial charge in [-0.05, 0) is 49.2 Å². The van der Waals surface area contributed by atoms with Crippen LogP contribution in [0.25, 0.3) is 0 Å². The van der Waals surface area contributed by atoms with Crippen LogP contribution in [0.1, 0.15) is 37.8 Å². The zero-order valence-electron chi connectivity index (χ0n) is 20.3. The van der Waals surface area contributed by atoms with Gasteiger partial charge >= 0.3 is 6.03 Å². The maximum absolute atomic E-state index is 14.4. The molecule has 1 fully saturated rings. The summed E-state index contributed by atoms with van der Waals surface area (Å²) in [5, 5.41) is 0. The predicted molar refractivity (Wildman–Crippen MR) is 130 cm³/mol. The molecule has 0 spiro atoms. The van der Waals surface area contributed by atoms with E-state index in [0.29, 0.717) is 31.8 Å². The fraction of sp³-hybridized carbons (Fsp3) is 0.444. The number of nitrogens with zero attached hydrogens (tertiary/aromatic N) is 2. The standard InChI is InChI=1S/C27H33FN2O4/c1-19-5-6-20(2)30(19)26(31)29(3)24-9-7-21(8-10-24)18-34-25-16-22(15-23(28)17-25)27(32-4)11-13-33-14-12-27/h5-10,15-17,19-20H,11-14,18H2,1-4H3. The Hall–Kier alpha value is -2.90. The molecule has 7 heteroatoms. The summed E-state index contributed by atoms with van der Waals surface area (Å²) in [5.74, 6) is 0.101. The molecule has 2 aromatic rings. The summed E-state index contributed by atoms with van der Waals surface area (Å²) in [4.78, 5) is 16.4. The molecule has 1 saturated heterocycles. The zero-order chi connectivity index (χ0) is 24.3. The van der Waals surface area contributed by atoms with Gasteiger partial charge in [-0.1, -0.05) is 24.3 Å². The number of hydrogen-bond acceptors (Lipinski definition) is 4. The third-order valence-electron chi connectivity index (χ3n) is 6.87. The van der Waals surface area contributed by atoms with Crippen molar-refractivity contribution in [3.8, 4) is 5.75 Å². The molecule has 2 aliphatic heterocycles. The Morgan fingerprint density at radius 1 is 1.12 bits per heavy atom. The molecule has 4 rings (SSSR count). The average molecular weight is 469 g/mol. The monoisotopic (exact) mass is 468 g/mol. The molecular formula is C27H33FN2O4. The summed E-state index contributed by atoms with van der Waals surface area (Å²) in [6.07, 6.45) is 5.44. The smallest absolute Gasteiger partial charge is 0.325 e. The second-order valence-corrected chi connectivity index (χ2v) is 9.06. The van der Waals surface area contributed by atoms with Crippen molar-refractivity contribution < 1.29 is 23.4 Å². The number of hydrogen-bond donors (Lipinski definition) is 0. The number of rotatable bonds is 6. The van der Waals surface area contributed by atoms with E-state index < -0.39 is 5.60 Å². The van der Waals surface area contributed by atoms with Gasteiger partial charge in [0.2, 0.25) is 0 Å². The first-order valence-electron chi connectivity index (χ1n) is 11.7. The predicted octanol–water partition coefficient (Wildman–Crippen LogP) is 5.26. The van der Waals surface area contributed by atoms with Crippen LogP contribution in [0, 0.1) is 5.82 Å². The lowest BCUT2D eigenvalue weighted by atomic mass is 9.86. The minimum absolute atomic E-state index is 0.0403. The van der Waals surface area contributed by atoms with Crippen molar-refractivity contribution in [2.24, 2.45) is 0 Å². The van der Waals surface area contributed by atoms with Gasteiger partial charge in [0.15, 0.2) is 0 Å². The molecule has 6 nitrogen and oxygen atoms in total. The first-order valence-corrected chi connectivity index (χ1v) is 11.7. The first kappa shape index (κ1) is 24.2. The van der Waals surface area contributed by atoms with Gasteiger partial charge in [0.25, 0.3) is 0 Å². The van der Waals surface area contributed by atoms with E-state index in [4.69, 9.17) is 14.2 Å². The lowest BCUT2D eigenvalue weighted by Gasteiger charge is -2.36. The number of benzene rings is 2. The van der Waals surface area contributed by atoms with Gasteiger partial charge in [-0.2, -0.15) is 0 Å². The van der Waals surface area contributed by atoms with Gasteiger partial charge in [0.05, 0.1) is 5.60 Å². The van der Waals surface area contributed by atoms with Gasteiger partial charge in [0, 0.05) is 64.1 Å². The first-order chi connectivity index (χ1) is 16.3. The maximum atomic E-state index is 14.4. The molecule has 2 amide bonds. The molecule has 2 aliphatic rings. The summed E-state index contributed by atoms with van der Waals surface area (Å²) >= 11 is 0. The van der Waals surface area contributed by atoms with Crippen molar-refractivity contribution >= 4 is 11.7 Å². The molecule has 0 bridgehead atoms. The maximum Gasteiger partial charge on any atom is 0.325 e. The van der Waals surface area contributed by atoms with Crippen LogP contribution in [0.2, 0.25) is 0 Å². The Morgan fingerprint density at radius 3 is 2.38 bits per heavy atom. The van der Waals surface area contributed by atoms with E-state index in [1.54, 1.807) is 19.1 Å². The van der Waals surface area contributed by atoms with Crippen LogP contribution >= 0.6 is 0 Å². The number of amides is 2. The van der Waals surface area contributed by atoms with Crippen molar-refractivity contribution in [2.75, 3.05) is 32.3 Å². The molecule has 2 heterocycles. The lowest BCUT2D eigenvalue weighted by Crippen LogP contribution is -2.46. The number of methoxy groups -OCH3 is 1. The summed E-state index contributed by atoms with van der Waals surface area (Å²) in [7, 11) is 3.43. The van der Waals surface area contributed by atoms with Crippen LogP contribution in [-0.2, 0) is 21.7 Å². The van der Waals surface area contributed by atoms with Gasteiger partial charge in [-0.15, -0.1) is 0 Å². The Morgan fingerprint density at radius 2 is 1.76 bits per heavy atom. The molecular weight excluding hydrogens is 435 g/mol. The van der Waals surface area contributed by atoms with E-state index in [1.807, 2.05) is 61.2 Å². The molecule has 2 atom stereocenters. The number of ether oxygens (including phenoxy) is 3. The van der Waals surface area contributed by atoms with E-state index in [9.17, 15) is 9.18 Å². The topological polar surface area (TPSA) is 51.2 Å². The van der Waals surface area contributed by atoms with Gasteiger partial charge < -0.3 is 19.1 Å². The normalized spacial score (nSPS) is 21.5. The quantitative estimate of drug-likeness (QED) is 0.543. The third-order valence-corrected chi connectivity index (χ3v) is 6.87. The minimum Gasteiger partial charge on any atom is -0.489 e. The number of carbonyl (C=O) groups excluding carboxylic acids is 1. The summed E-state index contributed by atoms with van der Waals surface area (Å²) in [6, 6.07) is 12.5. The Bertz CT molecular complexity index is 1020. The lowest BCUT2D eigenvalue weighted by molar-refractivity contribution is -0.0950. The highest BCUT2D eigenvalue weighted by Crippen LogP contribution is 2.37. The summed E-state index contributed by atoms with van der Waals surface area (Å²) in [5.41, 5.74) is 1.93. The Balaban J connectivity index is 1.42. The molecule has 0 radical (unpaired) electrons. The summed E-state index contributed by atoms with van der Waals surface area (Å²) < 4.78 is 31.6. The number of halogens is 1. The molecule has 182 valence electrons. The highest BCUT2D eigenvalue weighted by atomic mass is 19.1. The molecule has 34 heavy (non-hydrogen) atoms.